The Kier molecular flexibility index (Phi) is 4.16. The summed E-state index contributed by atoms with van der Waals surface area (Å²) in [7, 11) is 0. The number of hydrogen-bond donors (Lipinski definition) is 2. The Bertz CT molecular complexity index is 451. The van der Waals surface area contributed by atoms with E-state index in [-0.39, 0.29) is 17.9 Å². The minimum Gasteiger partial charge on any atom is -0.474 e. The summed E-state index contributed by atoms with van der Waals surface area (Å²) in [5.74, 6) is 0.948. The summed E-state index contributed by atoms with van der Waals surface area (Å²) >= 11 is 0. The number of rotatable bonds is 4. The van der Waals surface area contributed by atoms with Crippen LogP contribution in [-0.4, -0.2) is 30.1 Å². The quantitative estimate of drug-likeness (QED) is 0.881. The van der Waals surface area contributed by atoms with E-state index in [1.54, 1.807) is 6.20 Å². The van der Waals surface area contributed by atoms with Crippen molar-refractivity contribution >= 4 is 11.6 Å². The van der Waals surface area contributed by atoms with Crippen LogP contribution in [0, 0.1) is 5.92 Å². The van der Waals surface area contributed by atoms with Crippen molar-refractivity contribution in [2.24, 2.45) is 5.92 Å². The highest BCUT2D eigenvalue weighted by Crippen LogP contribution is 2.27. The predicted molar refractivity (Wildman–Crippen MR) is 76.7 cm³/mol. The average Bonchev–Trinajstić information content (AvgIpc) is 2.40. The summed E-state index contributed by atoms with van der Waals surface area (Å²) in [5.41, 5.74) is 0.750. The lowest BCUT2D eigenvalue weighted by Gasteiger charge is -2.24. The van der Waals surface area contributed by atoms with Crippen LogP contribution in [0.25, 0.3) is 0 Å². The maximum atomic E-state index is 11.8. The van der Waals surface area contributed by atoms with E-state index in [4.69, 9.17) is 4.74 Å². The highest BCUT2D eigenvalue weighted by Gasteiger charge is 2.25. The Morgan fingerprint density at radius 3 is 2.65 bits per heavy atom. The Hall–Kier alpha value is -1.62. The second kappa shape index (κ2) is 6.22. The molecule has 1 aliphatic heterocycles. The molecule has 0 radical (unpaired) electrons. The van der Waals surface area contributed by atoms with E-state index in [0.29, 0.717) is 5.88 Å². The van der Waals surface area contributed by atoms with Gasteiger partial charge in [0, 0.05) is 12.0 Å². The van der Waals surface area contributed by atoms with Gasteiger partial charge in [0.25, 0.3) is 0 Å². The van der Waals surface area contributed by atoms with Crippen LogP contribution in [0.15, 0.2) is 18.3 Å². The van der Waals surface area contributed by atoms with Crippen LogP contribution in [0.1, 0.15) is 32.1 Å². The van der Waals surface area contributed by atoms with Gasteiger partial charge < -0.3 is 15.4 Å². The van der Waals surface area contributed by atoms with Crippen LogP contribution in [0.3, 0.4) is 0 Å². The lowest BCUT2D eigenvalue weighted by Crippen LogP contribution is -2.34. The third-order valence-corrected chi connectivity index (χ3v) is 4.05. The summed E-state index contributed by atoms with van der Waals surface area (Å²) in [6.07, 6.45) is 7.14. The first-order valence-corrected chi connectivity index (χ1v) is 7.45. The van der Waals surface area contributed by atoms with E-state index < -0.39 is 0 Å². The SMILES string of the molecule is O=C(Nc1ccc(OC2CCNCC2)nc1)C1CCC1. The van der Waals surface area contributed by atoms with E-state index in [0.717, 1.165) is 44.5 Å². The summed E-state index contributed by atoms with van der Waals surface area (Å²) in [4.78, 5) is 16.1. The molecule has 5 heteroatoms. The lowest BCUT2D eigenvalue weighted by atomic mass is 9.85. The number of piperidine rings is 1. The zero-order chi connectivity index (χ0) is 13.8. The van der Waals surface area contributed by atoms with Crippen LogP contribution in [0.4, 0.5) is 5.69 Å². The van der Waals surface area contributed by atoms with E-state index >= 15 is 0 Å². The number of hydrogen-bond acceptors (Lipinski definition) is 4. The Labute approximate surface area is 119 Å². The zero-order valence-electron chi connectivity index (χ0n) is 11.6. The lowest BCUT2D eigenvalue weighted by molar-refractivity contribution is -0.122. The van der Waals surface area contributed by atoms with Gasteiger partial charge in [-0.1, -0.05) is 6.42 Å². The highest BCUT2D eigenvalue weighted by atomic mass is 16.5. The summed E-state index contributed by atoms with van der Waals surface area (Å²) in [5, 5.41) is 6.21. The van der Waals surface area contributed by atoms with Crippen molar-refractivity contribution < 1.29 is 9.53 Å². The Morgan fingerprint density at radius 2 is 2.05 bits per heavy atom. The van der Waals surface area contributed by atoms with Crippen molar-refractivity contribution in [3.8, 4) is 5.88 Å². The fourth-order valence-corrected chi connectivity index (χ4v) is 2.52. The minimum absolute atomic E-state index is 0.116. The Morgan fingerprint density at radius 1 is 1.25 bits per heavy atom. The largest absolute Gasteiger partial charge is 0.474 e. The number of carbonyl (C=O) groups excluding carboxylic acids is 1. The molecular weight excluding hydrogens is 254 g/mol. The van der Waals surface area contributed by atoms with Gasteiger partial charge in [0.2, 0.25) is 11.8 Å². The first-order valence-electron chi connectivity index (χ1n) is 7.45. The number of ether oxygens (including phenoxy) is 1. The molecule has 1 saturated heterocycles. The van der Waals surface area contributed by atoms with Crippen molar-refractivity contribution in [3.05, 3.63) is 18.3 Å². The number of pyridine rings is 1. The second-order valence-electron chi connectivity index (χ2n) is 5.57. The molecule has 1 amide bonds. The first kappa shape index (κ1) is 13.4. The predicted octanol–water partition coefficient (Wildman–Crippen LogP) is 1.95. The van der Waals surface area contributed by atoms with Crippen molar-refractivity contribution in [2.75, 3.05) is 18.4 Å². The van der Waals surface area contributed by atoms with Gasteiger partial charge in [0.1, 0.15) is 6.10 Å². The van der Waals surface area contributed by atoms with Crippen molar-refractivity contribution in [3.63, 3.8) is 0 Å². The molecule has 0 aromatic carbocycles. The molecule has 2 aliphatic rings. The topological polar surface area (TPSA) is 63.2 Å². The molecule has 108 valence electrons. The van der Waals surface area contributed by atoms with Crippen LogP contribution < -0.4 is 15.4 Å². The van der Waals surface area contributed by atoms with Gasteiger partial charge in [-0.25, -0.2) is 4.98 Å². The van der Waals surface area contributed by atoms with Gasteiger partial charge in [-0.3, -0.25) is 4.79 Å². The van der Waals surface area contributed by atoms with E-state index in [9.17, 15) is 4.79 Å². The molecule has 5 nitrogen and oxygen atoms in total. The maximum absolute atomic E-state index is 11.8. The van der Waals surface area contributed by atoms with E-state index in [1.165, 1.54) is 6.42 Å². The maximum Gasteiger partial charge on any atom is 0.227 e. The van der Waals surface area contributed by atoms with Crippen molar-refractivity contribution in [1.29, 1.82) is 0 Å². The van der Waals surface area contributed by atoms with Crippen LogP contribution in [-0.2, 0) is 4.79 Å². The van der Waals surface area contributed by atoms with Crippen LogP contribution in [0.5, 0.6) is 5.88 Å². The monoisotopic (exact) mass is 275 g/mol. The van der Waals surface area contributed by atoms with Gasteiger partial charge in [0.05, 0.1) is 11.9 Å². The molecule has 1 saturated carbocycles. The molecule has 0 atom stereocenters. The normalized spacial score (nSPS) is 20.2. The molecule has 1 aromatic rings. The summed E-state index contributed by atoms with van der Waals surface area (Å²) in [6.45, 7) is 2.00. The van der Waals surface area contributed by atoms with Crippen molar-refractivity contribution in [1.82, 2.24) is 10.3 Å². The second-order valence-corrected chi connectivity index (χ2v) is 5.57. The van der Waals surface area contributed by atoms with Gasteiger partial charge in [-0.2, -0.15) is 0 Å². The smallest absolute Gasteiger partial charge is 0.227 e. The molecule has 2 fully saturated rings. The molecule has 0 unspecified atom stereocenters. The number of nitrogens with one attached hydrogen (secondary N) is 2. The molecule has 2 heterocycles. The standard InChI is InChI=1S/C15H21N3O2/c19-15(11-2-1-3-11)18-12-4-5-14(17-10-12)20-13-6-8-16-9-7-13/h4-5,10-11,13,16H,1-3,6-9H2,(H,18,19). The average molecular weight is 275 g/mol. The third kappa shape index (κ3) is 3.28. The van der Waals surface area contributed by atoms with Gasteiger partial charge in [-0.05, 0) is 44.8 Å². The fraction of sp³-hybridized carbons (Fsp3) is 0.600. The number of aromatic nitrogens is 1. The summed E-state index contributed by atoms with van der Waals surface area (Å²) < 4.78 is 5.83. The van der Waals surface area contributed by atoms with E-state index in [2.05, 4.69) is 15.6 Å². The molecule has 1 aromatic heterocycles. The van der Waals surface area contributed by atoms with Crippen molar-refractivity contribution in [2.45, 2.75) is 38.2 Å². The molecule has 2 N–H and O–H groups in total. The molecular formula is C15H21N3O2. The van der Waals surface area contributed by atoms with E-state index in [1.807, 2.05) is 12.1 Å². The molecule has 0 bridgehead atoms. The number of carbonyl (C=O) groups is 1. The number of nitrogens with zero attached hydrogens (tertiary/aromatic N) is 1. The Balaban J connectivity index is 1.52. The van der Waals surface area contributed by atoms with Gasteiger partial charge in [-0.15, -0.1) is 0 Å². The number of anilines is 1. The van der Waals surface area contributed by atoms with Crippen LogP contribution in [0.2, 0.25) is 0 Å². The minimum atomic E-state index is 0.116. The number of amides is 1. The molecule has 1 aliphatic carbocycles. The molecule has 20 heavy (non-hydrogen) atoms. The highest BCUT2D eigenvalue weighted by molar-refractivity contribution is 5.92. The zero-order valence-corrected chi connectivity index (χ0v) is 11.6. The van der Waals surface area contributed by atoms with Gasteiger partial charge in [0.15, 0.2) is 0 Å². The fourth-order valence-electron chi connectivity index (χ4n) is 2.52. The van der Waals surface area contributed by atoms with Gasteiger partial charge >= 0.3 is 0 Å². The van der Waals surface area contributed by atoms with Crippen LogP contribution >= 0.6 is 0 Å². The first-order chi connectivity index (χ1) is 9.81. The third-order valence-electron chi connectivity index (χ3n) is 4.05. The molecule has 0 spiro atoms. The molecule has 3 rings (SSSR count). The summed E-state index contributed by atoms with van der Waals surface area (Å²) in [6, 6.07) is 3.69.